The molecule has 0 saturated carbocycles. The topological polar surface area (TPSA) is 20.2 Å². The molecule has 0 spiro atoms. The Balaban J connectivity index is 0.000000142. The van der Waals surface area contributed by atoms with E-state index in [0.29, 0.717) is 0 Å². The van der Waals surface area contributed by atoms with Gasteiger partial charge in [-0.1, -0.05) is 79.2 Å². The molecule has 36 heavy (non-hydrogen) atoms. The van der Waals surface area contributed by atoms with Crippen molar-refractivity contribution in [1.82, 2.24) is 0 Å². The molecule has 6 rings (SSSR count). The quantitative estimate of drug-likeness (QED) is 0.203. The van der Waals surface area contributed by atoms with Crippen LogP contribution in [0.25, 0.3) is 43.1 Å². The number of halogens is 2. The van der Waals surface area contributed by atoms with Gasteiger partial charge in [0.2, 0.25) is 0 Å². The van der Waals surface area contributed by atoms with Crippen LogP contribution in [0, 0.1) is 0 Å². The third-order valence-corrected chi connectivity index (χ3v) is 12.6. The third-order valence-electron chi connectivity index (χ3n) is 6.25. The SMILES string of the molecule is C[C](C)=[Zr]([Cl])[Cl].OCCCc1cccc2c1[cH-]c1ccccc12.c1ccc2c(c1)[cH-]c1ccccc12. The van der Waals surface area contributed by atoms with Crippen LogP contribution in [-0.2, 0) is 25.3 Å². The van der Waals surface area contributed by atoms with E-state index in [9.17, 15) is 0 Å². The molecule has 0 bridgehead atoms. The molecule has 0 amide bonds. The van der Waals surface area contributed by atoms with Gasteiger partial charge in [-0.15, -0.1) is 79.0 Å². The molecule has 184 valence electrons. The van der Waals surface area contributed by atoms with Crippen molar-refractivity contribution in [2.75, 3.05) is 6.61 Å². The summed E-state index contributed by atoms with van der Waals surface area (Å²) >= 11 is -1.84. The minimum Gasteiger partial charge on any atom is -0.396 e. The monoisotopic (exact) mass is 590 g/mol. The summed E-state index contributed by atoms with van der Waals surface area (Å²) < 4.78 is 1.24. The molecular formula is C32H30Cl2OZr-2. The van der Waals surface area contributed by atoms with Gasteiger partial charge in [-0.05, 0) is 6.42 Å². The molecule has 0 radical (unpaired) electrons. The van der Waals surface area contributed by atoms with Crippen LogP contribution in [0.5, 0.6) is 0 Å². The fourth-order valence-corrected chi connectivity index (χ4v) is 4.43. The Labute approximate surface area is 227 Å². The molecule has 4 heteroatoms. The predicted octanol–water partition coefficient (Wildman–Crippen LogP) is 9.47. The summed E-state index contributed by atoms with van der Waals surface area (Å²) in [4.78, 5) is 0. The van der Waals surface area contributed by atoms with Crippen molar-refractivity contribution < 1.29 is 24.0 Å². The first-order valence-electron chi connectivity index (χ1n) is 12.2. The van der Waals surface area contributed by atoms with Crippen molar-refractivity contribution >= 4 is 63.3 Å². The average Bonchev–Trinajstić information content (AvgIpc) is 3.47. The van der Waals surface area contributed by atoms with E-state index in [-0.39, 0.29) is 6.61 Å². The maximum Gasteiger partial charge on any atom is 0.0428 e. The Bertz CT molecular complexity index is 1560. The van der Waals surface area contributed by atoms with Crippen LogP contribution in [0.4, 0.5) is 0 Å². The predicted molar refractivity (Wildman–Crippen MR) is 158 cm³/mol. The van der Waals surface area contributed by atoms with Crippen molar-refractivity contribution in [3.63, 3.8) is 0 Å². The van der Waals surface area contributed by atoms with Gasteiger partial charge < -0.3 is 5.11 Å². The van der Waals surface area contributed by atoms with E-state index in [1.165, 1.54) is 51.9 Å². The summed E-state index contributed by atoms with van der Waals surface area (Å²) in [7, 11) is 11.1. The molecule has 1 N–H and O–H groups in total. The summed E-state index contributed by atoms with van der Waals surface area (Å²) in [5.41, 5.74) is 1.34. The first-order valence-corrected chi connectivity index (χ1v) is 19.7. The fraction of sp³-hybridized carbons (Fsp3) is 0.156. The van der Waals surface area contributed by atoms with Crippen molar-refractivity contribution in [2.24, 2.45) is 0 Å². The van der Waals surface area contributed by atoms with Crippen LogP contribution in [-0.4, -0.2) is 14.9 Å². The largest absolute Gasteiger partial charge is 0.396 e. The average molecular weight is 593 g/mol. The van der Waals surface area contributed by atoms with E-state index in [1.54, 1.807) is 0 Å². The normalized spacial score (nSPS) is 10.7. The number of aryl methyl sites for hydroxylation is 1. The van der Waals surface area contributed by atoms with Crippen molar-refractivity contribution in [1.29, 1.82) is 0 Å². The van der Waals surface area contributed by atoms with E-state index in [4.69, 9.17) is 22.1 Å². The zero-order valence-corrected chi connectivity index (χ0v) is 24.6. The van der Waals surface area contributed by atoms with Crippen LogP contribution < -0.4 is 0 Å². The number of benzene rings is 4. The second-order valence-corrected chi connectivity index (χ2v) is 18.4. The number of hydrogen-bond donors (Lipinski definition) is 1. The van der Waals surface area contributed by atoms with Gasteiger partial charge in [0.1, 0.15) is 0 Å². The van der Waals surface area contributed by atoms with Crippen molar-refractivity contribution in [3.8, 4) is 0 Å². The number of fused-ring (bicyclic) bond motifs is 6. The molecule has 1 nitrogen and oxygen atoms in total. The maximum absolute atomic E-state index is 8.94. The van der Waals surface area contributed by atoms with Gasteiger partial charge in [-0.3, -0.25) is 0 Å². The summed E-state index contributed by atoms with van der Waals surface area (Å²) in [5, 5.41) is 19.6. The number of aliphatic hydroxyl groups is 1. The van der Waals surface area contributed by atoms with Crippen LogP contribution >= 0.6 is 17.0 Å². The first kappa shape index (κ1) is 27.0. The second kappa shape index (κ2) is 12.9. The Hall–Kier alpha value is -2.09. The van der Waals surface area contributed by atoms with Crippen LogP contribution in [0.1, 0.15) is 25.8 Å². The minimum atomic E-state index is -1.84. The molecule has 0 fully saturated rings. The summed E-state index contributed by atoms with van der Waals surface area (Å²) in [5.74, 6) is 0. The van der Waals surface area contributed by atoms with E-state index in [0.717, 1.165) is 12.8 Å². The molecule has 0 aliphatic carbocycles. The Morgan fingerprint density at radius 2 is 1.11 bits per heavy atom. The maximum atomic E-state index is 8.94. The minimum absolute atomic E-state index is 0.261. The summed E-state index contributed by atoms with van der Waals surface area (Å²) in [6.07, 6.45) is 1.78. The van der Waals surface area contributed by atoms with Gasteiger partial charge in [0.15, 0.2) is 0 Å². The van der Waals surface area contributed by atoms with Gasteiger partial charge in [-0.25, -0.2) is 0 Å². The van der Waals surface area contributed by atoms with Gasteiger partial charge in [-0.2, -0.15) is 0 Å². The van der Waals surface area contributed by atoms with Gasteiger partial charge in [0.05, 0.1) is 0 Å². The molecule has 6 aromatic carbocycles. The van der Waals surface area contributed by atoms with Crippen molar-refractivity contribution in [3.05, 3.63) is 109 Å². The van der Waals surface area contributed by atoms with Crippen LogP contribution in [0.2, 0.25) is 0 Å². The fourth-order valence-electron chi connectivity index (χ4n) is 4.43. The van der Waals surface area contributed by atoms with E-state index in [2.05, 4.69) is 103 Å². The molecule has 0 unspecified atom stereocenters. The zero-order valence-electron chi connectivity index (χ0n) is 20.6. The Kier molecular flexibility index (Phi) is 9.68. The smallest absolute Gasteiger partial charge is 0.0428 e. The van der Waals surface area contributed by atoms with E-state index < -0.39 is 18.9 Å². The summed E-state index contributed by atoms with van der Waals surface area (Å²) in [6.45, 7) is 4.22. The zero-order chi connectivity index (χ0) is 25.5. The van der Waals surface area contributed by atoms with Crippen LogP contribution in [0.3, 0.4) is 0 Å². The molecule has 0 aliphatic heterocycles. The molecule has 0 heterocycles. The number of aliphatic hydroxyl groups excluding tert-OH is 1. The summed E-state index contributed by atoms with van der Waals surface area (Å²) in [6, 6.07) is 36.5. The van der Waals surface area contributed by atoms with Gasteiger partial charge >= 0.3 is 53.0 Å². The second-order valence-electron chi connectivity index (χ2n) is 9.02. The molecule has 0 aromatic heterocycles. The Morgan fingerprint density at radius 3 is 1.61 bits per heavy atom. The number of hydrogen-bond acceptors (Lipinski definition) is 1. The van der Waals surface area contributed by atoms with Crippen LogP contribution in [0.15, 0.2) is 103 Å². The third kappa shape index (κ3) is 6.42. The van der Waals surface area contributed by atoms with Crippen molar-refractivity contribution in [2.45, 2.75) is 26.7 Å². The van der Waals surface area contributed by atoms with E-state index in [1.807, 2.05) is 13.8 Å². The molecular weight excluding hydrogens is 562 g/mol. The van der Waals surface area contributed by atoms with Gasteiger partial charge in [0.25, 0.3) is 0 Å². The van der Waals surface area contributed by atoms with E-state index >= 15 is 0 Å². The molecule has 0 saturated heterocycles. The van der Waals surface area contributed by atoms with Gasteiger partial charge in [0, 0.05) is 6.61 Å². The first-order chi connectivity index (χ1) is 17.5. The molecule has 0 atom stereocenters. The molecule has 6 aromatic rings. The standard InChI is InChI=1S/C16H15O.C13H9.C3H6.2ClH.Zr/c17-10-4-7-12-6-3-9-15-14-8-2-1-5-13(14)11-16(12)15;1-3-7-12-10(5-1)9-11-6-2-4-8-13(11)12;1-3-2;;;/h1-3,5-6,8-9,11,17H,4,7,10H2;1-9H;1-2H3;2*1H;/q2*-1;;;;+2/p-2. The Morgan fingerprint density at radius 1 is 0.667 bits per heavy atom. The molecule has 0 aliphatic rings. The number of rotatable bonds is 3.